The van der Waals surface area contributed by atoms with Crippen LogP contribution in [-0.4, -0.2) is 18.3 Å². The van der Waals surface area contributed by atoms with Crippen molar-refractivity contribution in [2.75, 3.05) is 6.54 Å². The van der Waals surface area contributed by atoms with E-state index in [1.807, 2.05) is 0 Å². The molecule has 0 unspecified atom stereocenters. The Hall–Kier alpha value is -1.20. The van der Waals surface area contributed by atoms with Crippen LogP contribution in [0, 0.1) is 29.6 Å². The van der Waals surface area contributed by atoms with E-state index in [0.29, 0.717) is 0 Å². The van der Waals surface area contributed by atoms with Crippen molar-refractivity contribution in [3.63, 3.8) is 0 Å². The molecule has 0 aliphatic heterocycles. The SMILES string of the molecule is C#CCNC1(C#N)CCC(C(F)(F)F)CC1. The highest BCUT2D eigenvalue weighted by Gasteiger charge is 2.45. The minimum atomic E-state index is -4.15. The summed E-state index contributed by atoms with van der Waals surface area (Å²) in [5.74, 6) is 1.05. The maximum absolute atomic E-state index is 12.4. The molecule has 5 heteroatoms. The standard InChI is InChI=1S/C11H13F3N2/c1-2-7-16-10(8-15)5-3-9(4-6-10)11(12,13)14/h1,9,16H,3-7H2. The summed E-state index contributed by atoms with van der Waals surface area (Å²) in [7, 11) is 0. The lowest BCUT2D eigenvalue weighted by Gasteiger charge is -2.35. The molecule has 0 saturated heterocycles. The van der Waals surface area contributed by atoms with Gasteiger partial charge in [-0.25, -0.2) is 0 Å². The summed E-state index contributed by atoms with van der Waals surface area (Å²) < 4.78 is 37.2. The van der Waals surface area contributed by atoms with E-state index in [9.17, 15) is 13.2 Å². The van der Waals surface area contributed by atoms with Gasteiger partial charge in [0.1, 0.15) is 5.54 Å². The maximum atomic E-state index is 12.4. The highest BCUT2D eigenvalue weighted by atomic mass is 19.4. The molecule has 1 rings (SSSR count). The Morgan fingerprint density at radius 3 is 2.31 bits per heavy atom. The van der Waals surface area contributed by atoms with Crippen LogP contribution in [0.1, 0.15) is 25.7 Å². The van der Waals surface area contributed by atoms with Crippen molar-refractivity contribution in [3.8, 4) is 18.4 Å². The smallest absolute Gasteiger partial charge is 0.288 e. The summed E-state index contributed by atoms with van der Waals surface area (Å²) in [5, 5.41) is 11.8. The molecule has 0 aromatic carbocycles. The van der Waals surface area contributed by atoms with Crippen LogP contribution in [0.5, 0.6) is 0 Å². The lowest BCUT2D eigenvalue weighted by atomic mass is 9.77. The molecule has 0 aromatic heterocycles. The summed E-state index contributed by atoms with van der Waals surface area (Å²) >= 11 is 0. The first-order valence-corrected chi connectivity index (χ1v) is 5.10. The van der Waals surface area contributed by atoms with Gasteiger partial charge >= 0.3 is 6.18 Å². The lowest BCUT2D eigenvalue weighted by molar-refractivity contribution is -0.184. The van der Waals surface area contributed by atoms with Crippen molar-refractivity contribution in [3.05, 3.63) is 0 Å². The zero-order chi connectivity index (χ0) is 12.2. The molecule has 16 heavy (non-hydrogen) atoms. The van der Waals surface area contributed by atoms with Crippen molar-refractivity contribution in [1.29, 1.82) is 5.26 Å². The van der Waals surface area contributed by atoms with Gasteiger partial charge in [0.25, 0.3) is 0 Å². The van der Waals surface area contributed by atoms with Gasteiger partial charge in [-0.3, -0.25) is 5.32 Å². The second kappa shape index (κ2) is 4.76. The van der Waals surface area contributed by atoms with Gasteiger partial charge in [-0.05, 0) is 25.7 Å². The Labute approximate surface area is 92.8 Å². The van der Waals surface area contributed by atoms with Gasteiger partial charge in [0.05, 0.1) is 18.5 Å². The molecular weight excluding hydrogens is 217 g/mol. The van der Waals surface area contributed by atoms with Crippen molar-refractivity contribution in [2.24, 2.45) is 5.92 Å². The maximum Gasteiger partial charge on any atom is 0.391 e. The zero-order valence-corrected chi connectivity index (χ0v) is 8.77. The number of nitrogens with zero attached hydrogens (tertiary/aromatic N) is 1. The zero-order valence-electron chi connectivity index (χ0n) is 8.77. The lowest BCUT2D eigenvalue weighted by Crippen LogP contribution is -2.48. The van der Waals surface area contributed by atoms with Gasteiger partial charge in [-0.15, -0.1) is 6.42 Å². The average Bonchev–Trinajstić information content (AvgIpc) is 2.26. The van der Waals surface area contributed by atoms with Crippen molar-refractivity contribution >= 4 is 0 Å². The molecule has 0 spiro atoms. The topological polar surface area (TPSA) is 35.8 Å². The fourth-order valence-electron chi connectivity index (χ4n) is 1.99. The van der Waals surface area contributed by atoms with Crippen LogP contribution in [0.4, 0.5) is 13.2 Å². The molecule has 0 radical (unpaired) electrons. The number of nitrogens with one attached hydrogen (secondary N) is 1. The second-order valence-corrected chi connectivity index (χ2v) is 4.07. The molecule has 1 aliphatic rings. The van der Waals surface area contributed by atoms with Gasteiger partial charge < -0.3 is 0 Å². The van der Waals surface area contributed by atoms with Gasteiger partial charge in [0.2, 0.25) is 0 Å². The molecular formula is C11H13F3N2. The van der Waals surface area contributed by atoms with Crippen LogP contribution < -0.4 is 5.32 Å². The predicted molar refractivity (Wildman–Crippen MR) is 53.2 cm³/mol. The Morgan fingerprint density at radius 1 is 1.38 bits per heavy atom. The van der Waals surface area contributed by atoms with Gasteiger partial charge in [0.15, 0.2) is 0 Å². The number of halogens is 3. The highest BCUT2D eigenvalue weighted by molar-refractivity contribution is 5.11. The minimum absolute atomic E-state index is 0.00533. The van der Waals surface area contributed by atoms with E-state index in [4.69, 9.17) is 11.7 Å². The Bertz CT molecular complexity index is 314. The van der Waals surface area contributed by atoms with Gasteiger partial charge in [0, 0.05) is 0 Å². The summed E-state index contributed by atoms with van der Waals surface area (Å²) in [4.78, 5) is 0. The van der Waals surface area contributed by atoms with Crippen molar-refractivity contribution in [1.82, 2.24) is 5.32 Å². The molecule has 2 nitrogen and oxygen atoms in total. The molecule has 0 aromatic rings. The van der Waals surface area contributed by atoms with E-state index in [0.717, 1.165) is 0 Å². The third-order valence-corrected chi connectivity index (χ3v) is 3.04. The average molecular weight is 230 g/mol. The molecule has 88 valence electrons. The summed E-state index contributed by atoms with van der Waals surface area (Å²) in [6, 6.07) is 2.05. The number of alkyl halides is 3. The number of hydrogen-bond donors (Lipinski definition) is 1. The fourth-order valence-corrected chi connectivity index (χ4v) is 1.99. The van der Waals surface area contributed by atoms with E-state index in [2.05, 4.69) is 17.3 Å². The number of nitriles is 1. The molecule has 0 bridgehead atoms. The predicted octanol–water partition coefficient (Wildman–Crippen LogP) is 2.22. The molecule has 1 saturated carbocycles. The molecule has 0 heterocycles. The quantitative estimate of drug-likeness (QED) is 0.738. The van der Waals surface area contributed by atoms with Crippen LogP contribution in [0.25, 0.3) is 0 Å². The van der Waals surface area contributed by atoms with Gasteiger partial charge in [-0.2, -0.15) is 18.4 Å². The molecule has 1 fully saturated rings. The monoisotopic (exact) mass is 230 g/mol. The summed E-state index contributed by atoms with van der Waals surface area (Å²) in [5.41, 5.74) is -0.867. The van der Waals surface area contributed by atoms with E-state index < -0.39 is 17.6 Å². The Kier molecular flexibility index (Phi) is 3.83. The van der Waals surface area contributed by atoms with E-state index in [1.165, 1.54) is 0 Å². The third kappa shape index (κ3) is 2.90. The van der Waals surface area contributed by atoms with E-state index in [1.54, 1.807) is 0 Å². The number of rotatable bonds is 2. The van der Waals surface area contributed by atoms with Crippen LogP contribution in [0.15, 0.2) is 0 Å². The van der Waals surface area contributed by atoms with Gasteiger partial charge in [-0.1, -0.05) is 5.92 Å². The summed E-state index contributed by atoms with van der Waals surface area (Å²) in [6.07, 6.45) is 1.31. The van der Waals surface area contributed by atoms with Crippen molar-refractivity contribution < 1.29 is 13.2 Å². The van der Waals surface area contributed by atoms with Crippen LogP contribution in [-0.2, 0) is 0 Å². The second-order valence-electron chi connectivity index (χ2n) is 4.07. The third-order valence-electron chi connectivity index (χ3n) is 3.04. The molecule has 1 N–H and O–H groups in total. The fraction of sp³-hybridized carbons (Fsp3) is 0.727. The van der Waals surface area contributed by atoms with Crippen molar-refractivity contribution in [2.45, 2.75) is 37.4 Å². The van der Waals surface area contributed by atoms with Crippen LogP contribution in [0.3, 0.4) is 0 Å². The Balaban J connectivity index is 2.59. The first-order chi connectivity index (χ1) is 7.43. The Morgan fingerprint density at radius 2 is 1.94 bits per heavy atom. The van der Waals surface area contributed by atoms with E-state index >= 15 is 0 Å². The first-order valence-electron chi connectivity index (χ1n) is 5.10. The highest BCUT2D eigenvalue weighted by Crippen LogP contribution is 2.40. The number of hydrogen-bond acceptors (Lipinski definition) is 2. The molecule has 0 amide bonds. The first kappa shape index (κ1) is 12.9. The minimum Gasteiger partial charge on any atom is -0.288 e. The number of terminal acetylenes is 1. The molecule has 1 aliphatic carbocycles. The molecule has 0 atom stereocenters. The van der Waals surface area contributed by atoms with E-state index in [-0.39, 0.29) is 32.2 Å². The van der Waals surface area contributed by atoms with Crippen LogP contribution in [0.2, 0.25) is 0 Å². The normalized spacial score (nSPS) is 30.4. The summed E-state index contributed by atoms with van der Waals surface area (Å²) in [6.45, 7) is 0.213. The van der Waals surface area contributed by atoms with Crippen LogP contribution >= 0.6 is 0 Å². The largest absolute Gasteiger partial charge is 0.391 e.